The lowest BCUT2D eigenvalue weighted by molar-refractivity contribution is -0.140. The van der Waals surface area contributed by atoms with Crippen molar-refractivity contribution >= 4 is 44.4 Å². The van der Waals surface area contributed by atoms with Crippen LogP contribution in [-0.2, 0) is 31.1 Å². The molecule has 1 unspecified atom stereocenters. The molecule has 5 aromatic rings. The molecule has 0 saturated carbocycles. The first-order valence-electron chi connectivity index (χ1n) is 16.8. The Balaban J connectivity index is 1.21. The zero-order chi connectivity index (χ0) is 35.7. The van der Waals surface area contributed by atoms with Crippen molar-refractivity contribution in [3.05, 3.63) is 105 Å². The van der Waals surface area contributed by atoms with Crippen LogP contribution in [0.25, 0.3) is 22.0 Å². The number of aryl methyl sites for hydroxylation is 1. The minimum absolute atomic E-state index is 0.0626. The number of hydrogen-bond donors (Lipinski definition) is 3. The van der Waals surface area contributed by atoms with Crippen molar-refractivity contribution in [3.63, 3.8) is 0 Å². The minimum Gasteiger partial charge on any atom is -0.487 e. The molecule has 0 spiro atoms. The number of nitrogens with one attached hydrogen (secondary N) is 1. The van der Waals surface area contributed by atoms with Crippen molar-refractivity contribution in [2.45, 2.75) is 51.6 Å². The van der Waals surface area contributed by atoms with Gasteiger partial charge in [-0.05, 0) is 95.3 Å². The highest BCUT2D eigenvalue weighted by molar-refractivity contribution is 9.10. The number of halogens is 2. The van der Waals surface area contributed by atoms with E-state index < -0.39 is 18.6 Å². The molecule has 3 N–H and O–H groups in total. The van der Waals surface area contributed by atoms with Crippen LogP contribution in [0.2, 0.25) is 5.02 Å². The van der Waals surface area contributed by atoms with Crippen LogP contribution in [0.15, 0.2) is 77.7 Å². The Morgan fingerprint density at radius 3 is 2.57 bits per heavy atom. The van der Waals surface area contributed by atoms with Crippen molar-refractivity contribution in [1.29, 1.82) is 5.26 Å². The highest BCUT2D eigenvalue weighted by Gasteiger charge is 2.19. The predicted molar refractivity (Wildman–Crippen MR) is 198 cm³/mol. The molecule has 1 saturated heterocycles. The van der Waals surface area contributed by atoms with Gasteiger partial charge in [-0.25, -0.2) is 0 Å². The molecule has 0 bridgehead atoms. The van der Waals surface area contributed by atoms with Crippen molar-refractivity contribution < 1.29 is 24.5 Å². The summed E-state index contributed by atoms with van der Waals surface area (Å²) < 4.78 is 15.2. The number of aliphatic hydroxyl groups is 1. The quantitative estimate of drug-likeness (QED) is 0.101. The van der Waals surface area contributed by atoms with Gasteiger partial charge in [0.15, 0.2) is 0 Å². The number of benzene rings is 3. The normalized spacial score (nSPS) is 13.7. The summed E-state index contributed by atoms with van der Waals surface area (Å²) in [5.74, 6) is -0.367. The van der Waals surface area contributed by atoms with Gasteiger partial charge in [0, 0.05) is 40.8 Å². The number of ether oxygens (including phenoxy) is 2. The molecule has 264 valence electrons. The number of hydrogen-bond acceptors (Lipinski definition) is 9. The van der Waals surface area contributed by atoms with Gasteiger partial charge < -0.3 is 24.6 Å². The van der Waals surface area contributed by atoms with Crippen LogP contribution < -0.4 is 14.8 Å². The summed E-state index contributed by atoms with van der Waals surface area (Å²) in [5.41, 5.74) is 5.78. The van der Waals surface area contributed by atoms with E-state index in [1.165, 1.54) is 38.3 Å². The van der Waals surface area contributed by atoms with Crippen LogP contribution in [0.3, 0.4) is 0 Å². The summed E-state index contributed by atoms with van der Waals surface area (Å²) in [6.07, 6.45) is 8.53. The largest absolute Gasteiger partial charge is 0.487 e. The first-order valence-corrected chi connectivity index (χ1v) is 18.0. The predicted octanol–water partition coefficient (Wildman–Crippen LogP) is 6.56. The molecular weight excluding hydrogens is 736 g/mol. The highest BCUT2D eigenvalue weighted by atomic mass is 79.9. The second kappa shape index (κ2) is 17.1. The topological polar surface area (TPSA) is 146 Å². The van der Waals surface area contributed by atoms with Gasteiger partial charge >= 0.3 is 5.97 Å². The SMILES string of the molecule is N#Cc1cncc(OCc2cc(OCc3cccc(-c4cccc5c4cnn5CCCN4CCCC4)c3Br)c(Cl)cc2CNC(CO)C(=O)O)c1. The molecule has 13 heteroatoms. The summed E-state index contributed by atoms with van der Waals surface area (Å²) >= 11 is 10.6. The first-order chi connectivity index (χ1) is 24.8. The molecule has 0 radical (unpaired) electrons. The molecule has 2 aromatic heterocycles. The Morgan fingerprint density at radius 2 is 1.78 bits per heavy atom. The van der Waals surface area contributed by atoms with E-state index in [9.17, 15) is 20.3 Å². The Hall–Kier alpha value is -4.51. The van der Waals surface area contributed by atoms with Crippen LogP contribution in [-0.4, -0.2) is 68.1 Å². The Kier molecular flexibility index (Phi) is 12.2. The average Bonchev–Trinajstić information content (AvgIpc) is 3.82. The summed E-state index contributed by atoms with van der Waals surface area (Å²) in [7, 11) is 0. The lowest BCUT2D eigenvalue weighted by Gasteiger charge is -2.18. The Bertz CT molecular complexity index is 2040. The summed E-state index contributed by atoms with van der Waals surface area (Å²) in [6, 6.07) is 18.3. The van der Waals surface area contributed by atoms with Crippen molar-refractivity contribution in [2.75, 3.05) is 26.2 Å². The van der Waals surface area contributed by atoms with Crippen LogP contribution in [0.4, 0.5) is 0 Å². The van der Waals surface area contributed by atoms with Gasteiger partial charge in [-0.15, -0.1) is 0 Å². The molecule has 1 aliphatic rings. The second-order valence-electron chi connectivity index (χ2n) is 12.4. The third-order valence-corrected chi connectivity index (χ3v) is 10.2. The first kappa shape index (κ1) is 36.3. The molecule has 1 aliphatic heterocycles. The van der Waals surface area contributed by atoms with Crippen molar-refractivity contribution in [3.8, 4) is 28.7 Å². The number of fused-ring (bicyclic) bond motifs is 1. The second-order valence-corrected chi connectivity index (χ2v) is 13.6. The smallest absolute Gasteiger partial charge is 0.323 e. The molecular formula is C38H38BrClN6O5. The van der Waals surface area contributed by atoms with Gasteiger partial charge in [-0.3, -0.25) is 19.8 Å². The molecule has 6 rings (SSSR count). The molecule has 1 atom stereocenters. The van der Waals surface area contributed by atoms with E-state index in [-0.39, 0.29) is 19.8 Å². The zero-order valence-electron chi connectivity index (χ0n) is 27.9. The fourth-order valence-electron chi connectivity index (χ4n) is 6.25. The van der Waals surface area contributed by atoms with Gasteiger partial charge in [0.1, 0.15) is 36.8 Å². The monoisotopic (exact) mass is 772 g/mol. The fraction of sp³-hybridized carbons (Fsp3) is 0.316. The lowest BCUT2D eigenvalue weighted by atomic mass is 10.00. The zero-order valence-corrected chi connectivity index (χ0v) is 30.2. The minimum atomic E-state index is -1.17. The third-order valence-electron chi connectivity index (χ3n) is 8.99. The number of aliphatic carboxylic acids is 1. The van der Waals surface area contributed by atoms with E-state index >= 15 is 0 Å². The Labute approximate surface area is 309 Å². The molecule has 0 amide bonds. The van der Waals surface area contributed by atoms with Gasteiger partial charge in [0.25, 0.3) is 0 Å². The van der Waals surface area contributed by atoms with Crippen molar-refractivity contribution in [2.24, 2.45) is 0 Å². The van der Waals surface area contributed by atoms with Crippen LogP contribution in [0, 0.1) is 11.3 Å². The Morgan fingerprint density at radius 1 is 1.00 bits per heavy atom. The third kappa shape index (κ3) is 8.87. The molecule has 0 aliphatic carbocycles. The number of nitrogens with zero attached hydrogens (tertiary/aromatic N) is 5. The number of carbonyl (C=O) groups is 1. The van der Waals surface area contributed by atoms with Crippen LogP contribution >= 0.6 is 27.5 Å². The molecule has 3 aromatic carbocycles. The molecule has 11 nitrogen and oxygen atoms in total. The number of rotatable bonds is 16. The fourth-order valence-corrected chi connectivity index (χ4v) is 7.08. The maximum absolute atomic E-state index is 11.5. The summed E-state index contributed by atoms with van der Waals surface area (Å²) in [5, 5.41) is 37.1. The van der Waals surface area contributed by atoms with Crippen molar-refractivity contribution in [1.82, 2.24) is 25.0 Å². The van der Waals surface area contributed by atoms with Crippen LogP contribution in [0.5, 0.6) is 11.5 Å². The van der Waals surface area contributed by atoms with E-state index in [0.717, 1.165) is 51.6 Å². The van der Waals surface area contributed by atoms with E-state index in [0.29, 0.717) is 33.2 Å². The maximum Gasteiger partial charge on any atom is 0.323 e. The number of aromatic nitrogens is 3. The van der Waals surface area contributed by atoms with E-state index in [1.807, 2.05) is 24.4 Å². The van der Waals surface area contributed by atoms with Gasteiger partial charge in [-0.2, -0.15) is 10.4 Å². The van der Waals surface area contributed by atoms with Gasteiger partial charge in [0.2, 0.25) is 0 Å². The van der Waals surface area contributed by atoms with Gasteiger partial charge in [-0.1, -0.05) is 41.9 Å². The number of carboxylic acid groups (broad SMARTS) is 1. The number of pyridine rings is 1. The van der Waals surface area contributed by atoms with E-state index in [2.05, 4.69) is 60.1 Å². The highest BCUT2D eigenvalue weighted by Crippen LogP contribution is 2.37. The average molecular weight is 774 g/mol. The number of aliphatic hydroxyl groups excluding tert-OH is 1. The maximum atomic E-state index is 11.5. The van der Waals surface area contributed by atoms with E-state index in [1.54, 1.807) is 18.2 Å². The number of carboxylic acids is 1. The lowest BCUT2D eigenvalue weighted by Crippen LogP contribution is -2.39. The molecule has 3 heterocycles. The standard InChI is InChI=1S/C38H38BrClN6O5/c39-37-26(6-3-8-31(37)30-7-4-9-35-32(30)21-44-46(35)13-5-12-45-10-1-2-11-45)23-51-36-16-28(24-50-29-14-25(17-41)18-42-20-29)27(15-33(36)40)19-43-34(22-47)38(48)49/h3-4,6-9,14-16,18,20-21,34,43,47H,1-2,5,10-13,19,22-24H2,(H,48,49). The van der Waals surface area contributed by atoms with Crippen LogP contribution in [0.1, 0.15) is 41.5 Å². The number of nitriles is 1. The summed E-state index contributed by atoms with van der Waals surface area (Å²) in [4.78, 5) is 18.1. The molecule has 1 fully saturated rings. The molecule has 51 heavy (non-hydrogen) atoms. The number of likely N-dealkylation sites (tertiary alicyclic amines) is 1. The summed E-state index contributed by atoms with van der Waals surface area (Å²) in [6.45, 7) is 4.14. The van der Waals surface area contributed by atoms with E-state index in [4.69, 9.17) is 26.2 Å². The van der Waals surface area contributed by atoms with Gasteiger partial charge in [0.05, 0.1) is 35.1 Å².